The number of anilines is 1. The molecule has 0 bridgehead atoms. The highest BCUT2D eigenvalue weighted by Gasteiger charge is 2.20. The zero-order valence-electron chi connectivity index (χ0n) is 21.5. The SMILES string of the molecule is Cc1ccc(-c2ccc3c(c2)C=C(C(=O)N(C)c2ccc(CN4CCCCC4)cc2)CCC3)cc1.I. The van der Waals surface area contributed by atoms with Crippen molar-refractivity contribution in [1.29, 1.82) is 0 Å². The van der Waals surface area contributed by atoms with Gasteiger partial charge < -0.3 is 4.90 Å². The molecule has 0 saturated carbocycles. The van der Waals surface area contributed by atoms with Gasteiger partial charge in [0.2, 0.25) is 0 Å². The van der Waals surface area contributed by atoms with Gasteiger partial charge in [-0.2, -0.15) is 0 Å². The number of amides is 1. The molecule has 2 aliphatic rings. The molecule has 0 spiro atoms. The van der Waals surface area contributed by atoms with Gasteiger partial charge in [0.05, 0.1) is 0 Å². The van der Waals surface area contributed by atoms with E-state index in [0.29, 0.717) is 0 Å². The van der Waals surface area contributed by atoms with Gasteiger partial charge in [0.25, 0.3) is 5.91 Å². The van der Waals surface area contributed by atoms with Gasteiger partial charge in [0, 0.05) is 24.9 Å². The van der Waals surface area contributed by atoms with E-state index in [9.17, 15) is 4.79 Å². The first-order valence-electron chi connectivity index (χ1n) is 13.1. The molecule has 1 aliphatic heterocycles. The van der Waals surface area contributed by atoms with E-state index in [1.807, 2.05) is 11.9 Å². The fraction of sp³-hybridized carbons (Fsp3) is 0.344. The number of hydrogen-bond donors (Lipinski definition) is 0. The Balaban J connectivity index is 0.00000304. The average Bonchev–Trinajstić information content (AvgIpc) is 3.11. The largest absolute Gasteiger partial charge is 0.312 e. The van der Waals surface area contributed by atoms with Crippen molar-refractivity contribution in [1.82, 2.24) is 4.90 Å². The van der Waals surface area contributed by atoms with Crippen LogP contribution in [0.4, 0.5) is 5.69 Å². The van der Waals surface area contributed by atoms with Crippen LogP contribution in [0.1, 0.15) is 54.4 Å². The van der Waals surface area contributed by atoms with Crippen LogP contribution in [-0.2, 0) is 17.8 Å². The Morgan fingerprint density at radius 1 is 0.833 bits per heavy atom. The van der Waals surface area contributed by atoms with Crippen LogP contribution in [0.25, 0.3) is 17.2 Å². The van der Waals surface area contributed by atoms with Crippen molar-refractivity contribution in [3.05, 3.63) is 94.6 Å². The van der Waals surface area contributed by atoms with E-state index in [1.165, 1.54) is 65.7 Å². The molecule has 1 heterocycles. The van der Waals surface area contributed by atoms with Crippen molar-refractivity contribution in [2.24, 2.45) is 0 Å². The number of likely N-dealkylation sites (tertiary alicyclic amines) is 1. The van der Waals surface area contributed by atoms with Gasteiger partial charge >= 0.3 is 0 Å². The molecule has 0 atom stereocenters. The summed E-state index contributed by atoms with van der Waals surface area (Å²) in [5.41, 5.74) is 9.35. The molecule has 4 heteroatoms. The van der Waals surface area contributed by atoms with E-state index in [4.69, 9.17) is 0 Å². The molecule has 5 rings (SSSR count). The molecule has 1 aliphatic carbocycles. The number of piperidine rings is 1. The predicted molar refractivity (Wildman–Crippen MR) is 162 cm³/mol. The number of halogens is 1. The Morgan fingerprint density at radius 2 is 1.53 bits per heavy atom. The maximum atomic E-state index is 13.5. The third-order valence-electron chi connectivity index (χ3n) is 7.51. The number of rotatable bonds is 5. The summed E-state index contributed by atoms with van der Waals surface area (Å²) in [6.45, 7) is 5.51. The van der Waals surface area contributed by atoms with E-state index < -0.39 is 0 Å². The van der Waals surface area contributed by atoms with Crippen LogP contribution in [0.5, 0.6) is 0 Å². The van der Waals surface area contributed by atoms with Gasteiger partial charge in [0.15, 0.2) is 0 Å². The zero-order valence-corrected chi connectivity index (χ0v) is 23.8. The molecule has 36 heavy (non-hydrogen) atoms. The van der Waals surface area contributed by atoms with Crippen LogP contribution >= 0.6 is 24.0 Å². The third kappa shape index (κ3) is 6.27. The summed E-state index contributed by atoms with van der Waals surface area (Å²) >= 11 is 0. The van der Waals surface area contributed by atoms with Crippen molar-refractivity contribution < 1.29 is 4.79 Å². The van der Waals surface area contributed by atoms with Crippen LogP contribution < -0.4 is 4.90 Å². The van der Waals surface area contributed by atoms with E-state index >= 15 is 0 Å². The van der Waals surface area contributed by atoms with Gasteiger partial charge in [-0.25, -0.2) is 0 Å². The molecule has 0 radical (unpaired) electrons. The summed E-state index contributed by atoms with van der Waals surface area (Å²) in [5.74, 6) is 0.0994. The Morgan fingerprint density at radius 3 is 2.25 bits per heavy atom. The first-order chi connectivity index (χ1) is 17.1. The number of hydrogen-bond acceptors (Lipinski definition) is 2. The van der Waals surface area contributed by atoms with Crippen LogP contribution in [-0.4, -0.2) is 30.9 Å². The molecule has 188 valence electrons. The Labute approximate surface area is 233 Å². The Bertz CT molecular complexity index is 1210. The summed E-state index contributed by atoms with van der Waals surface area (Å²) in [4.78, 5) is 17.8. The minimum Gasteiger partial charge on any atom is -0.312 e. The predicted octanol–water partition coefficient (Wildman–Crippen LogP) is 7.65. The van der Waals surface area contributed by atoms with Gasteiger partial charge in [-0.3, -0.25) is 9.69 Å². The molecule has 0 unspecified atom stereocenters. The van der Waals surface area contributed by atoms with Crippen LogP contribution in [0.2, 0.25) is 0 Å². The van der Waals surface area contributed by atoms with E-state index in [1.54, 1.807) is 0 Å². The highest BCUT2D eigenvalue weighted by Crippen LogP contribution is 2.30. The van der Waals surface area contributed by atoms with Gasteiger partial charge in [0.1, 0.15) is 0 Å². The molecular formula is C32H37IN2O. The fourth-order valence-electron chi connectivity index (χ4n) is 5.31. The minimum absolute atomic E-state index is 0. The molecule has 1 fully saturated rings. The van der Waals surface area contributed by atoms with E-state index in [2.05, 4.69) is 84.6 Å². The van der Waals surface area contributed by atoms with Crippen molar-refractivity contribution in [3.63, 3.8) is 0 Å². The summed E-state index contributed by atoms with van der Waals surface area (Å²) in [5, 5.41) is 0. The van der Waals surface area contributed by atoms with Crippen LogP contribution in [0.15, 0.2) is 72.3 Å². The number of aryl methyl sites for hydroxylation is 2. The topological polar surface area (TPSA) is 23.6 Å². The second kappa shape index (κ2) is 12.2. The molecule has 3 aromatic carbocycles. The number of nitrogens with zero attached hydrogens (tertiary/aromatic N) is 2. The number of fused-ring (bicyclic) bond motifs is 1. The highest BCUT2D eigenvalue weighted by molar-refractivity contribution is 14.0. The molecule has 1 amide bonds. The molecule has 1 saturated heterocycles. The lowest BCUT2D eigenvalue weighted by Gasteiger charge is -2.26. The average molecular weight is 593 g/mol. The second-order valence-electron chi connectivity index (χ2n) is 10.2. The Hall–Kier alpha value is -2.44. The quantitative estimate of drug-likeness (QED) is 0.284. The smallest absolute Gasteiger partial charge is 0.253 e. The van der Waals surface area contributed by atoms with Crippen LogP contribution in [0.3, 0.4) is 0 Å². The summed E-state index contributed by atoms with van der Waals surface area (Å²) in [6.07, 6.45) is 8.91. The van der Waals surface area contributed by atoms with Crippen molar-refractivity contribution in [2.45, 2.75) is 52.0 Å². The molecule has 0 aromatic heterocycles. The van der Waals surface area contributed by atoms with Gasteiger partial charge in [-0.1, -0.05) is 60.5 Å². The summed E-state index contributed by atoms with van der Waals surface area (Å²) < 4.78 is 0. The number of carbonyl (C=O) groups is 1. The lowest BCUT2D eigenvalue weighted by Crippen LogP contribution is -2.29. The van der Waals surface area contributed by atoms with Crippen molar-refractivity contribution >= 4 is 41.6 Å². The minimum atomic E-state index is 0. The highest BCUT2D eigenvalue weighted by atomic mass is 127. The lowest BCUT2D eigenvalue weighted by molar-refractivity contribution is -0.114. The summed E-state index contributed by atoms with van der Waals surface area (Å²) in [7, 11) is 1.90. The zero-order chi connectivity index (χ0) is 24.2. The number of benzene rings is 3. The lowest BCUT2D eigenvalue weighted by atomic mass is 9.97. The molecule has 3 nitrogen and oxygen atoms in total. The summed E-state index contributed by atoms with van der Waals surface area (Å²) in [6, 6.07) is 23.9. The second-order valence-corrected chi connectivity index (χ2v) is 10.2. The van der Waals surface area contributed by atoms with Gasteiger partial charge in [-0.05, 0) is 104 Å². The standard InChI is InChI=1S/C32H36N2O.HI/c1-24-9-13-27(14-10-24)28-16-15-26-7-6-8-29(22-30(26)21-28)32(35)33(2)31-17-11-25(12-18-31)23-34-19-4-3-5-20-34;/h9-18,21-22H,3-8,19-20,23H2,1-2H3;1H. The molecule has 3 aromatic rings. The van der Waals surface area contributed by atoms with E-state index in [-0.39, 0.29) is 29.9 Å². The van der Waals surface area contributed by atoms with Crippen LogP contribution in [0, 0.1) is 6.92 Å². The van der Waals surface area contributed by atoms with Crippen molar-refractivity contribution in [2.75, 3.05) is 25.0 Å². The number of carbonyl (C=O) groups excluding carboxylic acids is 1. The van der Waals surface area contributed by atoms with Crippen molar-refractivity contribution in [3.8, 4) is 11.1 Å². The monoisotopic (exact) mass is 592 g/mol. The maximum absolute atomic E-state index is 13.5. The van der Waals surface area contributed by atoms with E-state index in [0.717, 1.165) is 37.1 Å². The molecule has 0 N–H and O–H groups in total. The Kier molecular flexibility index (Phi) is 9.02. The molecular weight excluding hydrogens is 555 g/mol. The third-order valence-corrected chi connectivity index (χ3v) is 7.51. The maximum Gasteiger partial charge on any atom is 0.253 e. The normalized spacial score (nSPS) is 15.8. The first-order valence-corrected chi connectivity index (χ1v) is 13.1. The number of likely N-dealkylation sites (N-methyl/N-ethyl adjacent to an activating group) is 1. The fourth-order valence-corrected chi connectivity index (χ4v) is 5.31. The van der Waals surface area contributed by atoms with Gasteiger partial charge in [-0.15, -0.1) is 24.0 Å². The first kappa shape index (κ1) is 26.6.